The van der Waals surface area contributed by atoms with Crippen molar-refractivity contribution in [1.82, 2.24) is 9.80 Å². The number of benzene rings is 3. The molecule has 0 fully saturated rings. The molecule has 1 atom stereocenters. The minimum atomic E-state index is -1.22. The molecule has 3 aromatic carbocycles. The minimum Gasteiger partial charge on any atom is -0.480 e. The van der Waals surface area contributed by atoms with E-state index in [0.717, 1.165) is 21.6 Å². The molecule has 0 unspecified atom stereocenters. The average molecular weight is 539 g/mol. The average Bonchev–Trinajstić information content (AvgIpc) is 2.83. The van der Waals surface area contributed by atoms with Gasteiger partial charge in [-0.25, -0.2) is 4.39 Å². The molecule has 4 rings (SSSR count). The summed E-state index contributed by atoms with van der Waals surface area (Å²) in [5, 5.41) is 9.48. The van der Waals surface area contributed by atoms with Crippen molar-refractivity contribution in [2.24, 2.45) is 0 Å². The number of hydrogen-bond donors (Lipinski definition) is 1. The Hall–Kier alpha value is -3.52. The number of nitrogens with zero attached hydrogens (tertiary/aromatic N) is 2. The van der Waals surface area contributed by atoms with Crippen LogP contribution in [-0.4, -0.2) is 45.3 Å². The number of rotatable bonds is 6. The van der Waals surface area contributed by atoms with E-state index in [0.29, 0.717) is 10.0 Å². The maximum atomic E-state index is 14.5. The number of halogens is 2. The zero-order valence-electron chi connectivity index (χ0n) is 19.1. The highest BCUT2D eigenvalue weighted by atomic mass is 79.9. The van der Waals surface area contributed by atoms with Gasteiger partial charge < -0.3 is 14.9 Å². The molecule has 0 spiro atoms. The van der Waals surface area contributed by atoms with Gasteiger partial charge in [0.25, 0.3) is 5.91 Å². The Balaban J connectivity index is 1.69. The second kappa shape index (κ2) is 10.4. The first-order valence-corrected chi connectivity index (χ1v) is 11.9. The lowest BCUT2D eigenvalue weighted by Crippen LogP contribution is -2.54. The van der Waals surface area contributed by atoms with Gasteiger partial charge in [0, 0.05) is 35.1 Å². The highest BCUT2D eigenvalue weighted by Crippen LogP contribution is 2.27. The van der Waals surface area contributed by atoms with Crippen molar-refractivity contribution in [3.8, 4) is 0 Å². The summed E-state index contributed by atoms with van der Waals surface area (Å²) in [6, 6.07) is 18.1. The van der Waals surface area contributed by atoms with Crippen LogP contribution in [-0.2, 0) is 29.1 Å². The van der Waals surface area contributed by atoms with Crippen LogP contribution >= 0.6 is 15.9 Å². The van der Waals surface area contributed by atoms with Gasteiger partial charge in [-0.05, 0) is 42.3 Å². The van der Waals surface area contributed by atoms with E-state index in [2.05, 4.69) is 15.9 Å². The minimum absolute atomic E-state index is 0.190. The largest absolute Gasteiger partial charge is 0.480 e. The fourth-order valence-electron chi connectivity index (χ4n) is 4.26. The first kappa shape index (κ1) is 24.6. The molecule has 0 saturated heterocycles. The van der Waals surface area contributed by atoms with Gasteiger partial charge in [0.05, 0.1) is 0 Å². The summed E-state index contributed by atoms with van der Waals surface area (Å²) >= 11 is 3.20. The molecule has 35 heavy (non-hydrogen) atoms. The molecule has 2 amide bonds. The van der Waals surface area contributed by atoms with Crippen LogP contribution in [0.4, 0.5) is 4.39 Å². The summed E-state index contributed by atoms with van der Waals surface area (Å²) in [7, 11) is 0. The van der Waals surface area contributed by atoms with Crippen molar-refractivity contribution in [3.63, 3.8) is 0 Å². The predicted molar refractivity (Wildman–Crippen MR) is 132 cm³/mol. The van der Waals surface area contributed by atoms with E-state index < -0.39 is 30.3 Å². The van der Waals surface area contributed by atoms with Crippen molar-refractivity contribution in [2.45, 2.75) is 32.5 Å². The number of carboxylic acids is 1. The molecule has 0 bridgehead atoms. The predicted octanol–water partition coefficient (Wildman–Crippen LogP) is 4.58. The van der Waals surface area contributed by atoms with Crippen LogP contribution < -0.4 is 0 Å². The van der Waals surface area contributed by atoms with E-state index in [4.69, 9.17) is 0 Å². The van der Waals surface area contributed by atoms with E-state index in [1.54, 1.807) is 18.2 Å². The molecule has 1 aliphatic heterocycles. The van der Waals surface area contributed by atoms with E-state index >= 15 is 0 Å². The molecule has 0 aromatic heterocycles. The number of amides is 2. The van der Waals surface area contributed by atoms with Crippen molar-refractivity contribution < 1.29 is 23.9 Å². The summed E-state index contributed by atoms with van der Waals surface area (Å²) in [5.41, 5.74) is 3.49. The topological polar surface area (TPSA) is 77.9 Å². The SMILES string of the molecule is Cc1ccc(C(=O)N2Cc3ccccc3C[C@H]2C(=O)N(CC(=O)O)Cc2ccc(Br)cc2F)cc1. The Bertz CT molecular complexity index is 1280. The monoisotopic (exact) mass is 538 g/mol. The van der Waals surface area contributed by atoms with Crippen molar-refractivity contribution >= 4 is 33.7 Å². The van der Waals surface area contributed by atoms with Gasteiger partial charge in [-0.15, -0.1) is 0 Å². The number of fused-ring (bicyclic) bond motifs is 1. The van der Waals surface area contributed by atoms with Crippen LogP contribution in [0.5, 0.6) is 0 Å². The van der Waals surface area contributed by atoms with E-state index in [-0.39, 0.29) is 31.0 Å². The quantitative estimate of drug-likeness (QED) is 0.498. The molecular formula is C27H24BrFN2O4. The first-order valence-electron chi connectivity index (χ1n) is 11.1. The van der Waals surface area contributed by atoms with Crippen LogP contribution in [0.2, 0.25) is 0 Å². The zero-order valence-corrected chi connectivity index (χ0v) is 20.7. The summed E-state index contributed by atoms with van der Waals surface area (Å²) in [5.74, 6) is -2.62. The molecular weight excluding hydrogens is 515 g/mol. The van der Waals surface area contributed by atoms with Crippen LogP contribution in [0.3, 0.4) is 0 Å². The highest BCUT2D eigenvalue weighted by Gasteiger charge is 2.38. The van der Waals surface area contributed by atoms with Gasteiger partial charge >= 0.3 is 5.97 Å². The Labute approximate surface area is 211 Å². The molecule has 3 aromatic rings. The molecule has 0 aliphatic carbocycles. The molecule has 8 heteroatoms. The fraction of sp³-hybridized carbons (Fsp3) is 0.222. The zero-order chi connectivity index (χ0) is 25.1. The lowest BCUT2D eigenvalue weighted by Gasteiger charge is -2.38. The highest BCUT2D eigenvalue weighted by molar-refractivity contribution is 9.10. The molecule has 6 nitrogen and oxygen atoms in total. The molecule has 0 radical (unpaired) electrons. The Morgan fingerprint density at radius 2 is 1.74 bits per heavy atom. The number of aryl methyl sites for hydroxylation is 1. The van der Waals surface area contributed by atoms with Crippen LogP contribution in [0.1, 0.15) is 32.6 Å². The molecule has 1 heterocycles. The second-order valence-corrected chi connectivity index (χ2v) is 9.53. The van der Waals surface area contributed by atoms with Crippen molar-refractivity contribution in [2.75, 3.05) is 6.54 Å². The lowest BCUT2D eigenvalue weighted by atomic mass is 9.92. The van der Waals surface area contributed by atoms with Gasteiger partial charge in [0.2, 0.25) is 5.91 Å². The number of carboxylic acid groups (broad SMARTS) is 1. The van der Waals surface area contributed by atoms with Crippen molar-refractivity contribution in [1.29, 1.82) is 0 Å². The summed E-state index contributed by atoms with van der Waals surface area (Å²) in [6.45, 7) is 1.30. The smallest absolute Gasteiger partial charge is 0.323 e. The first-order chi connectivity index (χ1) is 16.7. The summed E-state index contributed by atoms with van der Waals surface area (Å²) < 4.78 is 15.1. The maximum Gasteiger partial charge on any atom is 0.323 e. The fourth-order valence-corrected chi connectivity index (χ4v) is 4.59. The summed E-state index contributed by atoms with van der Waals surface area (Å²) in [4.78, 5) is 41.5. The number of carbonyl (C=O) groups is 3. The van der Waals surface area contributed by atoms with Crippen LogP contribution in [0, 0.1) is 12.7 Å². The Kier molecular flexibility index (Phi) is 7.31. The molecule has 1 N–H and O–H groups in total. The van der Waals surface area contributed by atoms with Gasteiger partial charge in [0.1, 0.15) is 18.4 Å². The molecule has 1 aliphatic rings. The van der Waals surface area contributed by atoms with E-state index in [1.165, 1.54) is 17.0 Å². The molecule has 180 valence electrons. The molecule has 0 saturated carbocycles. The van der Waals surface area contributed by atoms with Gasteiger partial charge in [0.15, 0.2) is 0 Å². The van der Waals surface area contributed by atoms with E-state index in [9.17, 15) is 23.9 Å². The lowest BCUT2D eigenvalue weighted by molar-refractivity contribution is -0.147. The Morgan fingerprint density at radius 1 is 1.06 bits per heavy atom. The van der Waals surface area contributed by atoms with E-state index in [1.807, 2.05) is 43.3 Å². The third-order valence-electron chi connectivity index (χ3n) is 6.11. The normalized spacial score (nSPS) is 14.8. The third kappa shape index (κ3) is 5.59. The van der Waals surface area contributed by atoms with Gasteiger partial charge in [-0.1, -0.05) is 64.0 Å². The number of aliphatic carboxylic acids is 1. The number of hydrogen-bond acceptors (Lipinski definition) is 3. The van der Waals surface area contributed by atoms with Crippen molar-refractivity contribution in [3.05, 3.63) is 105 Å². The van der Waals surface area contributed by atoms with Crippen LogP contribution in [0.15, 0.2) is 71.2 Å². The van der Waals surface area contributed by atoms with Gasteiger partial charge in [-0.2, -0.15) is 0 Å². The standard InChI is InChI=1S/C27H24BrFN2O4/c1-17-6-8-18(9-7-17)26(34)31-15-20-5-3-2-4-19(20)12-24(31)27(35)30(16-25(32)33)14-21-10-11-22(28)13-23(21)29/h2-11,13,24H,12,14-16H2,1H3,(H,32,33)/t24-/m0/s1. The third-order valence-corrected chi connectivity index (χ3v) is 6.60. The summed E-state index contributed by atoms with van der Waals surface area (Å²) in [6.07, 6.45) is 0.242. The number of carbonyl (C=O) groups excluding carboxylic acids is 2. The second-order valence-electron chi connectivity index (χ2n) is 8.61. The van der Waals surface area contributed by atoms with Gasteiger partial charge in [-0.3, -0.25) is 14.4 Å². The maximum absolute atomic E-state index is 14.5. The Morgan fingerprint density at radius 3 is 2.40 bits per heavy atom. The van der Waals surface area contributed by atoms with Crippen LogP contribution in [0.25, 0.3) is 0 Å².